The number of aryl methyl sites for hydroxylation is 1. The van der Waals surface area contributed by atoms with Gasteiger partial charge >= 0.3 is 0 Å². The van der Waals surface area contributed by atoms with Gasteiger partial charge in [-0.3, -0.25) is 9.59 Å². The van der Waals surface area contributed by atoms with Crippen LogP contribution < -0.4 is 5.32 Å². The van der Waals surface area contributed by atoms with Gasteiger partial charge in [-0.15, -0.1) is 10.2 Å². The second-order valence-electron chi connectivity index (χ2n) is 7.36. The first-order valence-electron chi connectivity index (χ1n) is 9.76. The van der Waals surface area contributed by atoms with Crippen LogP contribution in [0.2, 0.25) is 5.02 Å². The third-order valence-electron chi connectivity index (χ3n) is 5.09. The molecule has 1 N–H and O–H groups in total. The van der Waals surface area contributed by atoms with Gasteiger partial charge < -0.3 is 10.2 Å². The second kappa shape index (κ2) is 8.93. The lowest BCUT2D eigenvalue weighted by atomic mass is 9.98. The van der Waals surface area contributed by atoms with Gasteiger partial charge in [-0.2, -0.15) is 0 Å². The summed E-state index contributed by atoms with van der Waals surface area (Å²) < 4.78 is 0. The van der Waals surface area contributed by atoms with Crippen molar-refractivity contribution in [1.82, 2.24) is 15.1 Å². The molecular weight excluding hydrogens is 420 g/mol. The normalized spacial score (nSPS) is 16.3. The second-order valence-corrected chi connectivity index (χ2v) is 8.81. The van der Waals surface area contributed by atoms with Crippen LogP contribution in [0.25, 0.3) is 0 Å². The summed E-state index contributed by atoms with van der Waals surface area (Å²) in [5, 5.41) is 12.9. The average Bonchev–Trinajstić information content (AvgIpc) is 3.26. The Morgan fingerprint density at radius 3 is 2.57 bits per heavy atom. The zero-order valence-corrected chi connectivity index (χ0v) is 18.0. The molecule has 4 rings (SSSR count). The number of hydrogen-bond donors (Lipinski definition) is 1. The van der Waals surface area contributed by atoms with Crippen molar-refractivity contribution in [2.45, 2.75) is 25.7 Å². The zero-order chi connectivity index (χ0) is 21.1. The number of nitrogens with zero attached hydrogens (tertiary/aromatic N) is 3. The third kappa shape index (κ3) is 4.68. The number of halogens is 1. The molecular formula is C22H21ClN4O2S. The van der Waals surface area contributed by atoms with Crippen molar-refractivity contribution in [2.24, 2.45) is 0 Å². The summed E-state index contributed by atoms with van der Waals surface area (Å²) in [5.41, 5.74) is 2.47. The molecule has 2 amide bonds. The maximum atomic E-state index is 12.8. The van der Waals surface area contributed by atoms with Crippen molar-refractivity contribution in [3.63, 3.8) is 0 Å². The van der Waals surface area contributed by atoms with Crippen molar-refractivity contribution in [1.29, 1.82) is 0 Å². The van der Waals surface area contributed by atoms with Crippen LogP contribution in [0.15, 0.2) is 48.5 Å². The molecule has 1 saturated heterocycles. The fraction of sp³-hybridized carbons (Fsp3) is 0.273. The molecule has 154 valence electrons. The molecule has 0 saturated carbocycles. The number of carbonyl (C=O) groups excluding carboxylic acids is 2. The van der Waals surface area contributed by atoms with Crippen LogP contribution in [0.4, 0.5) is 5.69 Å². The van der Waals surface area contributed by atoms with Gasteiger partial charge in [-0.05, 0) is 56.2 Å². The number of nitrogens with one attached hydrogen (secondary N) is 1. The lowest BCUT2D eigenvalue weighted by Gasteiger charge is -2.31. The summed E-state index contributed by atoms with van der Waals surface area (Å²) in [5.74, 6) is -0.209. The van der Waals surface area contributed by atoms with Gasteiger partial charge in [0, 0.05) is 35.3 Å². The first-order chi connectivity index (χ1) is 14.5. The van der Waals surface area contributed by atoms with Gasteiger partial charge in [0.1, 0.15) is 5.01 Å². The third-order valence-corrected chi connectivity index (χ3v) is 6.43. The number of amides is 2. The fourth-order valence-corrected chi connectivity index (χ4v) is 4.44. The van der Waals surface area contributed by atoms with Crippen LogP contribution in [0.1, 0.15) is 49.5 Å². The molecule has 0 spiro atoms. The van der Waals surface area contributed by atoms with Gasteiger partial charge in [-0.25, -0.2) is 0 Å². The molecule has 0 bridgehead atoms. The lowest BCUT2D eigenvalue weighted by Crippen LogP contribution is -2.39. The van der Waals surface area contributed by atoms with Gasteiger partial charge in [-0.1, -0.05) is 40.6 Å². The fourth-order valence-electron chi connectivity index (χ4n) is 3.45. The Labute approximate surface area is 183 Å². The van der Waals surface area contributed by atoms with Crippen LogP contribution in [0, 0.1) is 6.92 Å². The SMILES string of the molecule is Cc1ccc(NC(=O)c2nnc([C@H]3CCCN(C(=O)c4ccc(Cl)cc4)C3)s2)cc1. The van der Waals surface area contributed by atoms with Crippen molar-refractivity contribution in [2.75, 3.05) is 18.4 Å². The molecule has 30 heavy (non-hydrogen) atoms. The minimum atomic E-state index is -0.271. The van der Waals surface area contributed by atoms with E-state index < -0.39 is 0 Å². The van der Waals surface area contributed by atoms with Crippen LogP contribution >= 0.6 is 22.9 Å². The number of hydrogen-bond acceptors (Lipinski definition) is 5. The van der Waals surface area contributed by atoms with Crippen molar-refractivity contribution in [3.8, 4) is 0 Å². The standard InChI is InChI=1S/C22H21ClN4O2S/c1-14-4-10-18(11-5-14)24-19(28)21-26-25-20(30-21)16-3-2-12-27(13-16)22(29)15-6-8-17(23)9-7-15/h4-11,16H,2-3,12-13H2,1H3,(H,24,28)/t16-/m0/s1. The average molecular weight is 441 g/mol. The minimum absolute atomic E-state index is 0.0155. The maximum absolute atomic E-state index is 12.8. The first kappa shape index (κ1) is 20.5. The van der Waals surface area contributed by atoms with E-state index in [-0.39, 0.29) is 17.7 Å². The van der Waals surface area contributed by atoms with E-state index >= 15 is 0 Å². The van der Waals surface area contributed by atoms with Gasteiger partial charge in [0.2, 0.25) is 5.01 Å². The molecule has 2 heterocycles. The van der Waals surface area contributed by atoms with Crippen LogP contribution in [-0.2, 0) is 0 Å². The molecule has 0 unspecified atom stereocenters. The van der Waals surface area contributed by atoms with E-state index in [4.69, 9.17) is 11.6 Å². The molecule has 0 radical (unpaired) electrons. The van der Waals surface area contributed by atoms with Crippen LogP contribution in [0.3, 0.4) is 0 Å². The van der Waals surface area contributed by atoms with Gasteiger partial charge in [0.15, 0.2) is 0 Å². The Kier molecular flexibility index (Phi) is 6.11. The molecule has 8 heteroatoms. The molecule has 1 aliphatic rings. The molecule has 1 aliphatic heterocycles. The molecule has 3 aromatic rings. The monoisotopic (exact) mass is 440 g/mol. The quantitative estimate of drug-likeness (QED) is 0.633. The largest absolute Gasteiger partial charge is 0.338 e. The van der Waals surface area contributed by atoms with Gasteiger partial charge in [0.05, 0.1) is 0 Å². The molecule has 2 aromatic carbocycles. The van der Waals surface area contributed by atoms with Crippen LogP contribution in [0.5, 0.6) is 0 Å². The number of benzene rings is 2. The van der Waals surface area contributed by atoms with Gasteiger partial charge in [0.25, 0.3) is 11.8 Å². The summed E-state index contributed by atoms with van der Waals surface area (Å²) >= 11 is 7.21. The highest BCUT2D eigenvalue weighted by atomic mass is 35.5. The summed E-state index contributed by atoms with van der Waals surface area (Å²) in [6, 6.07) is 14.5. The highest BCUT2D eigenvalue weighted by Gasteiger charge is 2.28. The number of carbonyl (C=O) groups is 2. The highest BCUT2D eigenvalue weighted by Crippen LogP contribution is 2.30. The number of anilines is 1. The van der Waals surface area contributed by atoms with E-state index in [1.807, 2.05) is 36.1 Å². The topological polar surface area (TPSA) is 75.2 Å². The van der Waals surface area contributed by atoms with E-state index in [2.05, 4.69) is 15.5 Å². The Morgan fingerprint density at radius 2 is 1.83 bits per heavy atom. The smallest absolute Gasteiger partial charge is 0.286 e. The minimum Gasteiger partial charge on any atom is -0.338 e. The molecule has 6 nitrogen and oxygen atoms in total. The van der Waals surface area contributed by atoms with Crippen molar-refractivity contribution in [3.05, 3.63) is 74.7 Å². The summed E-state index contributed by atoms with van der Waals surface area (Å²) in [7, 11) is 0. The highest BCUT2D eigenvalue weighted by molar-refractivity contribution is 7.13. The maximum Gasteiger partial charge on any atom is 0.286 e. The molecule has 1 fully saturated rings. The van der Waals surface area contributed by atoms with Crippen molar-refractivity contribution < 1.29 is 9.59 Å². The molecule has 1 atom stereocenters. The number of aromatic nitrogens is 2. The van der Waals surface area contributed by atoms with E-state index in [1.165, 1.54) is 11.3 Å². The number of rotatable bonds is 4. The molecule has 0 aliphatic carbocycles. The Balaban J connectivity index is 1.42. The Bertz CT molecular complexity index is 1050. The Hall–Kier alpha value is -2.77. The Morgan fingerprint density at radius 1 is 1.10 bits per heavy atom. The van der Waals surface area contributed by atoms with E-state index in [9.17, 15) is 9.59 Å². The first-order valence-corrected chi connectivity index (χ1v) is 11.0. The van der Waals surface area contributed by atoms with E-state index in [0.717, 1.165) is 29.1 Å². The predicted molar refractivity (Wildman–Crippen MR) is 118 cm³/mol. The summed E-state index contributed by atoms with van der Waals surface area (Å²) in [4.78, 5) is 27.2. The van der Waals surface area contributed by atoms with Crippen LogP contribution in [-0.4, -0.2) is 40.0 Å². The number of likely N-dealkylation sites (tertiary alicyclic amines) is 1. The number of piperidine rings is 1. The molecule has 1 aromatic heterocycles. The lowest BCUT2D eigenvalue weighted by molar-refractivity contribution is 0.0706. The van der Waals surface area contributed by atoms with Crippen molar-refractivity contribution >= 4 is 40.4 Å². The zero-order valence-electron chi connectivity index (χ0n) is 16.5. The summed E-state index contributed by atoms with van der Waals surface area (Å²) in [6.45, 7) is 3.26. The van der Waals surface area contributed by atoms with E-state index in [1.54, 1.807) is 24.3 Å². The summed E-state index contributed by atoms with van der Waals surface area (Å²) in [6.07, 6.45) is 1.80. The predicted octanol–water partition coefficient (Wildman–Crippen LogP) is 4.77. The van der Waals surface area contributed by atoms with E-state index in [0.29, 0.717) is 28.7 Å².